The predicted octanol–water partition coefficient (Wildman–Crippen LogP) is 3.27. The number of hydrogen-bond donors (Lipinski definition) is 0. The fourth-order valence-electron chi connectivity index (χ4n) is 2.18. The molecule has 0 bridgehead atoms. The first kappa shape index (κ1) is 16.7. The Hall–Kier alpha value is -1.35. The summed E-state index contributed by atoms with van der Waals surface area (Å²) in [5, 5.41) is 0. The summed E-state index contributed by atoms with van der Waals surface area (Å²) in [4.78, 5) is 13.8. The Balaban J connectivity index is 2.84. The number of methoxy groups -OCH3 is 1. The van der Waals surface area contributed by atoms with Crippen molar-refractivity contribution in [2.24, 2.45) is 5.41 Å². The maximum atomic E-state index is 11.5. The summed E-state index contributed by atoms with van der Waals surface area (Å²) in [6.45, 7) is 9.81. The van der Waals surface area contributed by atoms with Crippen LogP contribution in [0.4, 0.5) is 0 Å². The van der Waals surface area contributed by atoms with Gasteiger partial charge in [-0.25, -0.2) is 0 Å². The molecule has 0 spiro atoms. The molecule has 3 nitrogen and oxygen atoms in total. The van der Waals surface area contributed by atoms with Gasteiger partial charge in [0.2, 0.25) is 0 Å². The Labute approximate surface area is 122 Å². The summed E-state index contributed by atoms with van der Waals surface area (Å²) in [6.07, 6.45) is 0.338. The molecule has 0 aliphatic heterocycles. The van der Waals surface area contributed by atoms with Gasteiger partial charge in [0.05, 0.1) is 13.5 Å². The van der Waals surface area contributed by atoms with E-state index in [2.05, 4.69) is 45.7 Å². The highest BCUT2D eigenvalue weighted by Crippen LogP contribution is 2.25. The molecule has 0 heterocycles. The molecular weight excluding hydrogens is 250 g/mol. The molecule has 1 unspecified atom stereocenters. The molecule has 1 rings (SSSR count). The highest BCUT2D eigenvalue weighted by Gasteiger charge is 2.24. The highest BCUT2D eigenvalue weighted by molar-refractivity contribution is 5.72. The van der Waals surface area contributed by atoms with Crippen LogP contribution < -0.4 is 0 Å². The summed E-state index contributed by atoms with van der Waals surface area (Å²) < 4.78 is 4.76. The number of hydrogen-bond acceptors (Lipinski definition) is 3. The van der Waals surface area contributed by atoms with Crippen molar-refractivity contribution < 1.29 is 9.53 Å². The lowest BCUT2D eigenvalue weighted by Gasteiger charge is -2.35. The molecular formula is C17H27NO2. The Morgan fingerprint density at radius 2 is 1.80 bits per heavy atom. The monoisotopic (exact) mass is 277 g/mol. The average Bonchev–Trinajstić information content (AvgIpc) is 2.38. The molecule has 0 saturated carbocycles. The second-order valence-electron chi connectivity index (χ2n) is 6.48. The van der Waals surface area contributed by atoms with Crippen LogP contribution in [0.1, 0.15) is 38.8 Å². The van der Waals surface area contributed by atoms with Crippen molar-refractivity contribution in [2.75, 3.05) is 14.2 Å². The van der Waals surface area contributed by atoms with Gasteiger partial charge in [-0.2, -0.15) is 0 Å². The van der Waals surface area contributed by atoms with Gasteiger partial charge >= 0.3 is 5.97 Å². The van der Waals surface area contributed by atoms with Crippen LogP contribution in [0.15, 0.2) is 24.3 Å². The maximum Gasteiger partial charge on any atom is 0.309 e. The van der Waals surface area contributed by atoms with Gasteiger partial charge in [0.1, 0.15) is 0 Å². The number of rotatable bonds is 5. The largest absolute Gasteiger partial charge is 0.469 e. The third-order valence-corrected chi connectivity index (χ3v) is 4.02. The van der Waals surface area contributed by atoms with Gasteiger partial charge in [-0.3, -0.25) is 9.69 Å². The molecule has 0 aromatic heterocycles. The summed E-state index contributed by atoms with van der Waals surface area (Å²) in [5.41, 5.74) is 2.47. The van der Waals surface area contributed by atoms with E-state index in [0.29, 0.717) is 12.5 Å². The first-order chi connectivity index (χ1) is 9.25. The predicted molar refractivity (Wildman–Crippen MR) is 82.5 cm³/mol. The fraction of sp³-hybridized carbons (Fsp3) is 0.588. The third kappa shape index (κ3) is 4.64. The molecule has 0 aliphatic rings. The van der Waals surface area contributed by atoms with Crippen LogP contribution in [0.25, 0.3) is 0 Å². The number of carbonyl (C=O) groups is 1. The molecule has 20 heavy (non-hydrogen) atoms. The zero-order valence-electron chi connectivity index (χ0n) is 13.6. The molecule has 0 fully saturated rings. The van der Waals surface area contributed by atoms with E-state index in [0.717, 1.165) is 12.1 Å². The molecule has 1 aromatic rings. The van der Waals surface area contributed by atoms with E-state index in [-0.39, 0.29) is 11.4 Å². The van der Waals surface area contributed by atoms with Crippen molar-refractivity contribution in [3.8, 4) is 0 Å². The average molecular weight is 277 g/mol. The number of benzene rings is 1. The van der Waals surface area contributed by atoms with E-state index in [1.54, 1.807) is 0 Å². The summed E-state index contributed by atoms with van der Waals surface area (Å²) in [7, 11) is 3.56. The Morgan fingerprint density at radius 1 is 1.25 bits per heavy atom. The van der Waals surface area contributed by atoms with Crippen molar-refractivity contribution >= 4 is 5.97 Å². The molecule has 0 N–H and O–H groups in total. The quantitative estimate of drug-likeness (QED) is 0.774. The van der Waals surface area contributed by atoms with Gasteiger partial charge in [0, 0.05) is 12.6 Å². The van der Waals surface area contributed by atoms with Crippen LogP contribution in [0.2, 0.25) is 0 Å². The molecule has 0 amide bonds. The third-order valence-electron chi connectivity index (χ3n) is 4.02. The molecule has 0 saturated heterocycles. The Bertz CT molecular complexity index is 449. The molecule has 3 heteroatoms. The van der Waals surface area contributed by atoms with Gasteiger partial charge in [0.15, 0.2) is 0 Å². The van der Waals surface area contributed by atoms with Crippen LogP contribution in [0, 0.1) is 5.41 Å². The van der Waals surface area contributed by atoms with Gasteiger partial charge in [0.25, 0.3) is 0 Å². The van der Waals surface area contributed by atoms with Crippen molar-refractivity contribution in [1.82, 2.24) is 4.90 Å². The lowest BCUT2D eigenvalue weighted by Crippen LogP contribution is -2.39. The number of esters is 1. The minimum Gasteiger partial charge on any atom is -0.469 e. The van der Waals surface area contributed by atoms with Crippen molar-refractivity contribution in [2.45, 2.75) is 46.7 Å². The smallest absolute Gasteiger partial charge is 0.309 e. The van der Waals surface area contributed by atoms with Gasteiger partial charge in [-0.05, 0) is 30.5 Å². The Morgan fingerprint density at radius 3 is 2.30 bits per heavy atom. The molecule has 0 aliphatic carbocycles. The summed E-state index contributed by atoms with van der Waals surface area (Å²) in [6, 6.07) is 8.53. The summed E-state index contributed by atoms with van der Waals surface area (Å²) >= 11 is 0. The van der Waals surface area contributed by atoms with Crippen LogP contribution in [0.5, 0.6) is 0 Å². The standard InChI is InChI=1S/C17H27NO2/c1-13(17(2,3)4)18(5)12-15-10-8-7-9-14(15)11-16(19)20-6/h7-10,13H,11-12H2,1-6H3. The normalized spacial score (nSPS) is 13.3. The number of ether oxygens (including phenoxy) is 1. The zero-order chi connectivity index (χ0) is 15.3. The van der Waals surface area contributed by atoms with Gasteiger partial charge in [-0.15, -0.1) is 0 Å². The molecule has 1 aromatic carbocycles. The summed E-state index contributed by atoms with van der Waals surface area (Å²) in [5.74, 6) is -0.191. The van der Waals surface area contributed by atoms with Crippen LogP contribution >= 0.6 is 0 Å². The Kier molecular flexibility index (Phi) is 5.75. The zero-order valence-corrected chi connectivity index (χ0v) is 13.6. The fourth-order valence-corrected chi connectivity index (χ4v) is 2.18. The highest BCUT2D eigenvalue weighted by atomic mass is 16.5. The van der Waals surface area contributed by atoms with Crippen LogP contribution in [-0.4, -0.2) is 31.1 Å². The van der Waals surface area contributed by atoms with E-state index in [4.69, 9.17) is 4.74 Å². The second-order valence-corrected chi connectivity index (χ2v) is 6.48. The number of carbonyl (C=O) groups excluding carboxylic acids is 1. The first-order valence-corrected chi connectivity index (χ1v) is 7.09. The van der Waals surface area contributed by atoms with Crippen molar-refractivity contribution in [1.29, 1.82) is 0 Å². The molecule has 112 valence electrons. The SMILES string of the molecule is COC(=O)Cc1ccccc1CN(C)C(C)C(C)(C)C. The topological polar surface area (TPSA) is 29.5 Å². The number of nitrogens with zero attached hydrogens (tertiary/aromatic N) is 1. The minimum absolute atomic E-state index is 0.191. The minimum atomic E-state index is -0.191. The molecule has 1 atom stereocenters. The molecule has 0 radical (unpaired) electrons. The van der Waals surface area contributed by atoms with Crippen molar-refractivity contribution in [3.63, 3.8) is 0 Å². The van der Waals surface area contributed by atoms with Gasteiger partial charge < -0.3 is 4.74 Å². The lowest BCUT2D eigenvalue weighted by atomic mass is 9.87. The van der Waals surface area contributed by atoms with E-state index in [1.165, 1.54) is 12.7 Å². The van der Waals surface area contributed by atoms with E-state index < -0.39 is 0 Å². The van der Waals surface area contributed by atoms with Gasteiger partial charge in [-0.1, -0.05) is 45.0 Å². The van der Waals surface area contributed by atoms with Crippen molar-refractivity contribution in [3.05, 3.63) is 35.4 Å². The van der Waals surface area contributed by atoms with E-state index in [9.17, 15) is 4.79 Å². The first-order valence-electron chi connectivity index (χ1n) is 7.09. The maximum absolute atomic E-state index is 11.5. The second kappa shape index (κ2) is 6.89. The van der Waals surface area contributed by atoms with Crippen LogP contribution in [0.3, 0.4) is 0 Å². The van der Waals surface area contributed by atoms with E-state index in [1.807, 2.05) is 18.2 Å². The van der Waals surface area contributed by atoms with Crippen LogP contribution in [-0.2, 0) is 22.5 Å². The van der Waals surface area contributed by atoms with E-state index >= 15 is 0 Å². The lowest BCUT2D eigenvalue weighted by molar-refractivity contribution is -0.139.